The van der Waals surface area contributed by atoms with Crippen LogP contribution in [0.2, 0.25) is 0 Å². The Bertz CT molecular complexity index is 556. The number of anilines is 1. The summed E-state index contributed by atoms with van der Waals surface area (Å²) in [5.41, 5.74) is 7.55. The maximum atomic E-state index is 11.2. The van der Waals surface area contributed by atoms with Crippen LogP contribution >= 0.6 is 0 Å². The normalized spacial score (nSPS) is 11.6. The molecule has 0 atom stereocenters. The zero-order valence-electron chi connectivity index (χ0n) is 11.8. The number of ketones is 1. The third-order valence-electron chi connectivity index (χ3n) is 2.63. The number of carbonyl (C=O) groups is 1. The smallest absolute Gasteiger partial charge is 0.155 e. The molecular weight excluding hydrogens is 252 g/mol. The summed E-state index contributed by atoms with van der Waals surface area (Å²) in [6.07, 6.45) is 6.87. The summed E-state index contributed by atoms with van der Waals surface area (Å²) in [5, 5.41) is 10.0. The van der Waals surface area contributed by atoms with Crippen LogP contribution in [0, 0.1) is 0 Å². The van der Waals surface area contributed by atoms with Gasteiger partial charge in [0.25, 0.3) is 0 Å². The lowest BCUT2D eigenvalue weighted by Gasteiger charge is -2.17. The fraction of sp³-hybridized carbons (Fsp3) is 0.188. The van der Waals surface area contributed by atoms with Crippen LogP contribution in [-0.2, 0) is 4.79 Å². The lowest BCUT2D eigenvalue weighted by atomic mass is 10.1. The molecule has 3 N–H and O–H groups in total. The van der Waals surface area contributed by atoms with Crippen molar-refractivity contribution >= 4 is 17.5 Å². The van der Waals surface area contributed by atoms with Gasteiger partial charge in [0.05, 0.1) is 5.69 Å². The number of hydrogen-bond acceptors (Lipinski definition) is 4. The van der Waals surface area contributed by atoms with E-state index in [1.165, 1.54) is 6.08 Å². The van der Waals surface area contributed by atoms with Crippen molar-refractivity contribution in [1.82, 2.24) is 0 Å². The van der Waals surface area contributed by atoms with Crippen LogP contribution in [0.4, 0.5) is 5.69 Å². The van der Waals surface area contributed by atoms with Gasteiger partial charge in [-0.2, -0.15) is 0 Å². The molecule has 0 amide bonds. The first kappa shape index (κ1) is 15.6. The number of carbonyl (C=O) groups excluding carboxylic acids is 1. The Hall–Kier alpha value is -2.49. The predicted molar refractivity (Wildman–Crippen MR) is 83.1 cm³/mol. The molecule has 0 fully saturated rings. The second-order valence-electron chi connectivity index (χ2n) is 4.36. The van der Waals surface area contributed by atoms with E-state index >= 15 is 0 Å². The van der Waals surface area contributed by atoms with Crippen LogP contribution in [-0.4, -0.2) is 10.9 Å². The van der Waals surface area contributed by atoms with Crippen molar-refractivity contribution in [2.45, 2.75) is 20.3 Å². The molecule has 0 unspecified atom stereocenters. The molecule has 1 rings (SSSR count). The third kappa shape index (κ3) is 4.31. The van der Waals surface area contributed by atoms with E-state index in [-0.39, 0.29) is 11.5 Å². The molecule has 4 heteroatoms. The van der Waals surface area contributed by atoms with Crippen LogP contribution in [0.5, 0.6) is 5.75 Å². The van der Waals surface area contributed by atoms with E-state index < -0.39 is 0 Å². The molecule has 1 aromatic carbocycles. The Balaban J connectivity index is 3.04. The molecule has 0 saturated heterocycles. The van der Waals surface area contributed by atoms with Crippen molar-refractivity contribution in [3.63, 3.8) is 0 Å². The number of aromatic hydroxyl groups is 1. The molecule has 106 valence electrons. The fourth-order valence-corrected chi connectivity index (χ4v) is 1.61. The van der Waals surface area contributed by atoms with Crippen molar-refractivity contribution in [1.29, 1.82) is 0 Å². The quantitative estimate of drug-likeness (QED) is 0.781. The van der Waals surface area contributed by atoms with Gasteiger partial charge in [0, 0.05) is 24.5 Å². The average Bonchev–Trinajstić information content (AvgIpc) is 2.42. The first-order chi connectivity index (χ1) is 9.47. The second kappa shape index (κ2) is 7.19. The van der Waals surface area contributed by atoms with E-state index in [0.717, 1.165) is 5.56 Å². The number of benzene rings is 1. The summed E-state index contributed by atoms with van der Waals surface area (Å²) in [5.74, 6) is 0.136. The van der Waals surface area contributed by atoms with Crippen molar-refractivity contribution < 1.29 is 9.90 Å². The first-order valence-electron chi connectivity index (χ1n) is 6.36. The van der Waals surface area contributed by atoms with Crippen LogP contribution in [0.25, 0.3) is 6.08 Å². The monoisotopic (exact) mass is 272 g/mol. The zero-order valence-corrected chi connectivity index (χ0v) is 11.8. The Morgan fingerprint density at radius 3 is 2.70 bits per heavy atom. The number of phenols is 1. The predicted octanol–water partition coefficient (Wildman–Crippen LogP) is 3.15. The lowest BCUT2D eigenvalue weighted by Crippen LogP contribution is -2.09. The largest absolute Gasteiger partial charge is 0.506 e. The topological polar surface area (TPSA) is 66.6 Å². The highest BCUT2D eigenvalue weighted by Crippen LogP contribution is 2.29. The van der Waals surface area contributed by atoms with E-state index in [4.69, 9.17) is 5.73 Å². The van der Waals surface area contributed by atoms with Crippen molar-refractivity contribution in [3.05, 3.63) is 54.5 Å². The minimum atomic E-state index is 0.0444. The Morgan fingerprint density at radius 2 is 2.20 bits per heavy atom. The van der Waals surface area contributed by atoms with Crippen LogP contribution in [0.3, 0.4) is 0 Å². The van der Waals surface area contributed by atoms with E-state index in [0.29, 0.717) is 17.8 Å². The van der Waals surface area contributed by atoms with Gasteiger partial charge in [-0.1, -0.05) is 25.6 Å². The van der Waals surface area contributed by atoms with E-state index in [1.54, 1.807) is 49.4 Å². The highest BCUT2D eigenvalue weighted by Gasteiger charge is 2.06. The Labute approximate surface area is 119 Å². The number of rotatable bonds is 6. The third-order valence-corrected chi connectivity index (χ3v) is 2.63. The van der Waals surface area contributed by atoms with Gasteiger partial charge >= 0.3 is 0 Å². The molecule has 0 bridgehead atoms. The summed E-state index contributed by atoms with van der Waals surface area (Å²) in [7, 11) is 0. The van der Waals surface area contributed by atoms with Crippen LogP contribution in [0.1, 0.15) is 25.8 Å². The number of nitrogens with zero attached hydrogens (tertiary/aromatic N) is 1. The minimum Gasteiger partial charge on any atom is -0.506 e. The maximum absolute atomic E-state index is 11.2. The Morgan fingerprint density at radius 1 is 1.50 bits per heavy atom. The van der Waals surface area contributed by atoms with Gasteiger partial charge in [-0.05, 0) is 30.7 Å². The molecule has 0 heterocycles. The molecule has 4 nitrogen and oxygen atoms in total. The lowest BCUT2D eigenvalue weighted by molar-refractivity contribution is -0.114. The number of phenolic OH excluding ortho intramolecular Hbond substituents is 1. The number of nitrogens with two attached hydrogens (primary N) is 1. The highest BCUT2D eigenvalue weighted by atomic mass is 16.3. The van der Waals surface area contributed by atoms with Gasteiger partial charge < -0.3 is 15.7 Å². The molecule has 0 aliphatic carbocycles. The van der Waals surface area contributed by atoms with Gasteiger partial charge in [-0.3, -0.25) is 4.79 Å². The first-order valence-corrected chi connectivity index (χ1v) is 6.36. The summed E-state index contributed by atoms with van der Waals surface area (Å²) < 4.78 is 0. The van der Waals surface area contributed by atoms with Gasteiger partial charge in [0.2, 0.25) is 0 Å². The van der Waals surface area contributed by atoms with E-state index in [1.807, 2.05) is 6.07 Å². The van der Waals surface area contributed by atoms with Crippen molar-refractivity contribution in [3.8, 4) is 5.75 Å². The van der Waals surface area contributed by atoms with E-state index in [9.17, 15) is 9.90 Å². The molecule has 20 heavy (non-hydrogen) atoms. The molecule has 0 aromatic heterocycles. The molecule has 0 spiro atoms. The standard InChI is InChI=1S/C16H20N2O2/c1-4-14(19)8-6-13-7-9-15(16(20)10-13)18(5-2)11-12(3)17/h5-11,20H,2,4,17H2,1,3H3/b8-6+,12-11-. The molecule has 1 aromatic rings. The highest BCUT2D eigenvalue weighted by molar-refractivity contribution is 5.93. The van der Waals surface area contributed by atoms with Gasteiger partial charge in [-0.15, -0.1) is 0 Å². The average molecular weight is 272 g/mol. The second-order valence-corrected chi connectivity index (χ2v) is 4.36. The van der Waals surface area contributed by atoms with Crippen LogP contribution < -0.4 is 10.6 Å². The van der Waals surface area contributed by atoms with Crippen LogP contribution in [0.15, 0.2) is 49.0 Å². The summed E-state index contributed by atoms with van der Waals surface area (Å²) in [6.45, 7) is 7.23. The minimum absolute atomic E-state index is 0.0444. The van der Waals surface area contributed by atoms with E-state index in [2.05, 4.69) is 6.58 Å². The molecule has 0 aliphatic heterocycles. The summed E-state index contributed by atoms with van der Waals surface area (Å²) in [6, 6.07) is 5.14. The van der Waals surface area contributed by atoms with Crippen molar-refractivity contribution in [2.75, 3.05) is 4.90 Å². The number of allylic oxidation sites excluding steroid dienone is 2. The number of hydrogen-bond donors (Lipinski definition) is 2. The fourth-order valence-electron chi connectivity index (χ4n) is 1.61. The summed E-state index contributed by atoms with van der Waals surface area (Å²) >= 11 is 0. The Kier molecular flexibility index (Phi) is 5.59. The van der Waals surface area contributed by atoms with Gasteiger partial charge in [0.1, 0.15) is 5.75 Å². The molecule has 0 aliphatic rings. The van der Waals surface area contributed by atoms with Gasteiger partial charge in [0.15, 0.2) is 5.78 Å². The molecular formula is C16H20N2O2. The zero-order chi connectivity index (χ0) is 15.1. The SMILES string of the molecule is C=CN(/C=C(/C)N)c1ccc(/C=C/C(=O)CC)cc1O. The maximum Gasteiger partial charge on any atom is 0.155 e. The molecule has 0 radical (unpaired) electrons. The van der Waals surface area contributed by atoms with Gasteiger partial charge in [-0.25, -0.2) is 0 Å². The molecule has 0 saturated carbocycles. The summed E-state index contributed by atoms with van der Waals surface area (Å²) in [4.78, 5) is 12.9. The van der Waals surface area contributed by atoms with Crippen molar-refractivity contribution in [2.24, 2.45) is 5.73 Å².